The monoisotopic (exact) mass is 496 g/mol. The summed E-state index contributed by atoms with van der Waals surface area (Å²) in [5.74, 6) is 9.58. The first kappa shape index (κ1) is 26.2. The maximum atomic E-state index is 15.8. The second-order valence-electron chi connectivity index (χ2n) is 7.82. The molecule has 2 aromatic carbocycles. The Hall–Kier alpha value is -4.45. The van der Waals surface area contributed by atoms with Crippen LogP contribution in [-0.4, -0.2) is 28.0 Å². The molecule has 7 nitrogen and oxygen atoms in total. The fourth-order valence-corrected chi connectivity index (χ4v) is 3.36. The molecule has 11 heteroatoms. The Labute approximate surface area is 204 Å². The molecular weight excluding hydrogens is 476 g/mol. The maximum Gasteiger partial charge on any atom is 0.323 e. The molecule has 0 spiro atoms. The average molecular weight is 496 g/mol. The first-order chi connectivity index (χ1) is 17.0. The highest BCUT2D eigenvalue weighted by molar-refractivity contribution is 5.54. The lowest BCUT2D eigenvalue weighted by Gasteiger charge is -2.38. The van der Waals surface area contributed by atoms with Gasteiger partial charge < -0.3 is 10.9 Å². The van der Waals surface area contributed by atoms with Crippen molar-refractivity contribution in [3.8, 4) is 17.9 Å². The number of alkyl halides is 2. The van der Waals surface area contributed by atoms with Crippen LogP contribution in [0.3, 0.4) is 0 Å². The summed E-state index contributed by atoms with van der Waals surface area (Å²) in [6, 6.07) is 11.8. The number of nitriles is 1. The number of nitrogens with two attached hydrogens (primary N) is 2. The smallest absolute Gasteiger partial charge is 0.323 e. The third-order valence-electron chi connectivity index (χ3n) is 5.29. The molecule has 0 saturated carbocycles. The number of nitrogens with zero attached hydrogens (tertiary/aromatic N) is 4. The van der Waals surface area contributed by atoms with Gasteiger partial charge in [-0.1, -0.05) is 11.8 Å². The van der Waals surface area contributed by atoms with Crippen molar-refractivity contribution in [2.24, 2.45) is 16.8 Å². The molecule has 0 aliphatic heterocycles. The van der Waals surface area contributed by atoms with Crippen LogP contribution in [0.15, 0.2) is 59.8 Å². The van der Waals surface area contributed by atoms with Crippen molar-refractivity contribution in [3.05, 3.63) is 99.9 Å². The lowest BCUT2D eigenvalue weighted by atomic mass is 9.83. The van der Waals surface area contributed by atoms with Crippen LogP contribution < -0.4 is 11.7 Å². The van der Waals surface area contributed by atoms with Crippen LogP contribution in [0.1, 0.15) is 33.5 Å². The Kier molecular flexibility index (Phi) is 7.59. The van der Waals surface area contributed by atoms with E-state index in [1.54, 1.807) is 24.3 Å². The molecule has 0 radical (unpaired) electrons. The quantitative estimate of drug-likeness (QED) is 0.120. The molecule has 5 N–H and O–H groups in total. The predicted molar refractivity (Wildman–Crippen MR) is 124 cm³/mol. The van der Waals surface area contributed by atoms with Crippen molar-refractivity contribution in [3.63, 3.8) is 0 Å². The Balaban J connectivity index is 2.01. The van der Waals surface area contributed by atoms with Crippen LogP contribution in [0.2, 0.25) is 0 Å². The molecule has 0 saturated heterocycles. The minimum absolute atomic E-state index is 0.168. The standard InChI is InChI=1S/C25H20F4N6O/c1-16-10-20(22(27)11-21(16)26)24(36,14-35(32)15-34-31)25(28,29)23-9-8-19(13-33-23)7-4-17-2-5-18(12-30)6-3-17/h2-3,5-6,8-11,13,15,36H,14,31-32H2,1H3/b34-15-. The number of hydrazone groups is 1. The first-order valence-electron chi connectivity index (χ1n) is 10.3. The lowest BCUT2D eigenvalue weighted by molar-refractivity contribution is -0.203. The number of aryl methyl sites for hydroxylation is 1. The number of hydrogen-bond acceptors (Lipinski definition) is 6. The molecule has 36 heavy (non-hydrogen) atoms. The van der Waals surface area contributed by atoms with Gasteiger partial charge in [0, 0.05) is 29.0 Å². The Bertz CT molecular complexity index is 1380. The van der Waals surface area contributed by atoms with Gasteiger partial charge in [0.15, 0.2) is 5.60 Å². The van der Waals surface area contributed by atoms with E-state index in [1.807, 2.05) is 6.07 Å². The van der Waals surface area contributed by atoms with Crippen molar-refractivity contribution in [1.29, 1.82) is 5.26 Å². The molecule has 0 bridgehead atoms. The van der Waals surface area contributed by atoms with Gasteiger partial charge in [-0.05, 0) is 55.0 Å². The molecular formula is C25H20F4N6O. The van der Waals surface area contributed by atoms with Gasteiger partial charge in [0.1, 0.15) is 23.7 Å². The van der Waals surface area contributed by atoms with Crippen LogP contribution >= 0.6 is 0 Å². The number of hydrazine groups is 1. The van der Waals surface area contributed by atoms with E-state index in [0.29, 0.717) is 22.2 Å². The molecule has 1 heterocycles. The van der Waals surface area contributed by atoms with E-state index in [4.69, 9.17) is 16.9 Å². The summed E-state index contributed by atoms with van der Waals surface area (Å²) in [5.41, 5.74) is -3.94. The third kappa shape index (κ3) is 5.28. The number of rotatable bonds is 6. The van der Waals surface area contributed by atoms with Gasteiger partial charge in [0.2, 0.25) is 0 Å². The number of aliphatic hydroxyl groups is 1. The number of hydrogen-bond donors (Lipinski definition) is 3. The highest BCUT2D eigenvalue weighted by Gasteiger charge is 2.58. The fraction of sp³-hybridized carbons (Fsp3) is 0.160. The van der Waals surface area contributed by atoms with Crippen molar-refractivity contribution in [2.45, 2.75) is 18.4 Å². The molecule has 3 rings (SSSR count). The van der Waals surface area contributed by atoms with Gasteiger partial charge in [-0.3, -0.25) is 9.99 Å². The van der Waals surface area contributed by atoms with Crippen LogP contribution in [0.25, 0.3) is 0 Å². The zero-order valence-electron chi connectivity index (χ0n) is 18.9. The molecule has 0 aliphatic carbocycles. The number of aromatic nitrogens is 1. The van der Waals surface area contributed by atoms with E-state index in [2.05, 4.69) is 21.9 Å². The van der Waals surface area contributed by atoms with Gasteiger partial charge in [-0.25, -0.2) is 14.6 Å². The van der Waals surface area contributed by atoms with Crippen LogP contribution in [0.4, 0.5) is 17.6 Å². The van der Waals surface area contributed by atoms with Crippen LogP contribution in [-0.2, 0) is 11.5 Å². The second kappa shape index (κ2) is 10.4. The van der Waals surface area contributed by atoms with Gasteiger partial charge in [0.05, 0.1) is 18.2 Å². The van der Waals surface area contributed by atoms with Crippen molar-refractivity contribution >= 4 is 6.34 Å². The highest BCUT2D eigenvalue weighted by atomic mass is 19.3. The van der Waals surface area contributed by atoms with E-state index in [0.717, 1.165) is 24.7 Å². The van der Waals surface area contributed by atoms with E-state index in [9.17, 15) is 13.9 Å². The summed E-state index contributed by atoms with van der Waals surface area (Å²) in [7, 11) is 0. The summed E-state index contributed by atoms with van der Waals surface area (Å²) in [4.78, 5) is 3.73. The topological polar surface area (TPSA) is 125 Å². The minimum Gasteiger partial charge on any atom is -0.377 e. The van der Waals surface area contributed by atoms with E-state index < -0.39 is 41.0 Å². The summed E-state index contributed by atoms with van der Waals surface area (Å²) >= 11 is 0. The molecule has 0 aliphatic rings. The van der Waals surface area contributed by atoms with E-state index in [1.165, 1.54) is 13.0 Å². The van der Waals surface area contributed by atoms with Crippen LogP contribution in [0, 0.1) is 41.7 Å². The van der Waals surface area contributed by atoms with Crippen molar-refractivity contribution in [1.82, 2.24) is 9.99 Å². The molecule has 0 fully saturated rings. The number of halogens is 4. The Morgan fingerprint density at radius 3 is 2.25 bits per heavy atom. The summed E-state index contributed by atoms with van der Waals surface area (Å²) in [6.45, 7) is 0.169. The average Bonchev–Trinajstić information content (AvgIpc) is 2.85. The zero-order chi connectivity index (χ0) is 26.5. The predicted octanol–water partition coefficient (Wildman–Crippen LogP) is 3.00. The van der Waals surface area contributed by atoms with Crippen molar-refractivity contribution < 1.29 is 22.7 Å². The third-order valence-corrected chi connectivity index (χ3v) is 5.29. The van der Waals surface area contributed by atoms with Gasteiger partial charge in [-0.15, -0.1) is 0 Å². The summed E-state index contributed by atoms with van der Waals surface area (Å²) in [6.07, 6.45) is 1.82. The SMILES string of the molecule is Cc1cc(C(O)(CN(N)/C=N\N)C(F)(F)c2ccc(C#Cc3ccc(C#N)cc3)cn2)c(F)cc1F. The minimum atomic E-state index is -4.21. The van der Waals surface area contributed by atoms with Gasteiger partial charge in [0.25, 0.3) is 0 Å². The normalized spacial score (nSPS) is 12.9. The molecule has 1 atom stereocenters. The highest BCUT2D eigenvalue weighted by Crippen LogP contribution is 2.46. The molecule has 184 valence electrons. The molecule has 3 aromatic rings. The first-order valence-corrected chi connectivity index (χ1v) is 10.3. The summed E-state index contributed by atoms with van der Waals surface area (Å²) in [5, 5.41) is 23.7. The fourth-order valence-electron chi connectivity index (χ4n) is 3.36. The largest absolute Gasteiger partial charge is 0.377 e. The lowest BCUT2D eigenvalue weighted by Crippen LogP contribution is -2.54. The molecule has 0 amide bonds. The van der Waals surface area contributed by atoms with E-state index in [-0.39, 0.29) is 11.1 Å². The Morgan fingerprint density at radius 2 is 1.67 bits per heavy atom. The molecule has 1 aromatic heterocycles. The maximum absolute atomic E-state index is 15.8. The number of pyridine rings is 1. The second-order valence-corrected chi connectivity index (χ2v) is 7.82. The number of benzene rings is 2. The van der Waals surface area contributed by atoms with Gasteiger partial charge >= 0.3 is 5.92 Å². The van der Waals surface area contributed by atoms with Gasteiger partial charge in [-0.2, -0.15) is 19.1 Å². The Morgan fingerprint density at radius 1 is 1.06 bits per heavy atom. The van der Waals surface area contributed by atoms with E-state index >= 15 is 8.78 Å². The van der Waals surface area contributed by atoms with Crippen LogP contribution in [0.5, 0.6) is 0 Å². The molecule has 1 unspecified atom stereocenters. The summed E-state index contributed by atoms with van der Waals surface area (Å²) < 4.78 is 60.0. The zero-order valence-corrected chi connectivity index (χ0v) is 18.9. The van der Waals surface area contributed by atoms with Crippen molar-refractivity contribution in [2.75, 3.05) is 6.54 Å².